The molecule has 0 aliphatic carbocycles. The topological polar surface area (TPSA) is 50.3 Å². The largest absolute Gasteiger partial charge is 0.243 e. The van der Waals surface area contributed by atoms with Gasteiger partial charge in [-0.05, 0) is 30.9 Å². The van der Waals surface area contributed by atoms with Crippen LogP contribution >= 0.6 is 11.3 Å². The minimum atomic E-state index is -3.45. The molecule has 0 bridgehead atoms. The Bertz CT molecular complexity index is 1020. The highest BCUT2D eigenvalue weighted by atomic mass is 32.2. The molecule has 2 aromatic carbocycles. The summed E-state index contributed by atoms with van der Waals surface area (Å²) >= 11 is 1.57. The number of hydrogen-bond acceptors (Lipinski definition) is 4. The third-order valence-electron chi connectivity index (χ3n) is 5.04. The number of aromatic nitrogens is 1. The molecule has 0 atom stereocenters. The van der Waals surface area contributed by atoms with Crippen LogP contribution in [0, 0.1) is 5.92 Å². The third-order valence-corrected chi connectivity index (χ3v) is 7.82. The molecule has 1 aromatic heterocycles. The smallest absolute Gasteiger partial charge is 0.236 e. The van der Waals surface area contributed by atoms with Crippen molar-refractivity contribution in [3.63, 3.8) is 0 Å². The van der Waals surface area contributed by atoms with E-state index in [9.17, 15) is 8.42 Å². The van der Waals surface area contributed by atoms with E-state index in [1.54, 1.807) is 33.8 Å². The molecule has 1 saturated heterocycles. The lowest BCUT2D eigenvalue weighted by Crippen LogP contribution is -2.37. The van der Waals surface area contributed by atoms with Crippen molar-refractivity contribution in [2.45, 2.75) is 24.7 Å². The van der Waals surface area contributed by atoms with Gasteiger partial charge in [-0.2, -0.15) is 4.31 Å². The molecule has 1 fully saturated rings. The van der Waals surface area contributed by atoms with Gasteiger partial charge in [0.15, 0.2) is 0 Å². The first-order valence-corrected chi connectivity index (χ1v) is 11.5. The Morgan fingerprint density at radius 1 is 1.00 bits per heavy atom. The Morgan fingerprint density at radius 2 is 1.70 bits per heavy atom. The van der Waals surface area contributed by atoms with Gasteiger partial charge >= 0.3 is 0 Å². The van der Waals surface area contributed by atoms with Crippen LogP contribution in [0.1, 0.15) is 19.8 Å². The van der Waals surface area contributed by atoms with Crippen molar-refractivity contribution in [1.82, 2.24) is 9.29 Å². The molecular weight excluding hydrogens is 376 g/mol. The van der Waals surface area contributed by atoms with E-state index in [2.05, 4.69) is 6.92 Å². The minimum absolute atomic E-state index is 0.351. The normalized spacial score (nSPS) is 16.5. The van der Waals surface area contributed by atoms with Crippen LogP contribution in [0.3, 0.4) is 0 Å². The SMILES string of the molecule is CC1CCN(S(=O)(=O)c2cccc(-c3csc(-c4ccccc4)n3)c2)CC1. The summed E-state index contributed by atoms with van der Waals surface area (Å²) in [7, 11) is -3.45. The fourth-order valence-electron chi connectivity index (χ4n) is 3.31. The second kappa shape index (κ2) is 7.54. The fraction of sp³-hybridized carbons (Fsp3) is 0.286. The number of rotatable bonds is 4. The Hall–Kier alpha value is -2.02. The highest BCUT2D eigenvalue weighted by Gasteiger charge is 2.28. The number of sulfonamides is 1. The number of nitrogens with zero attached hydrogens (tertiary/aromatic N) is 2. The van der Waals surface area contributed by atoms with Crippen LogP contribution in [-0.2, 0) is 10.0 Å². The highest BCUT2D eigenvalue weighted by molar-refractivity contribution is 7.89. The molecule has 3 aromatic rings. The number of benzene rings is 2. The van der Waals surface area contributed by atoms with Crippen LogP contribution < -0.4 is 0 Å². The Labute approximate surface area is 164 Å². The molecule has 1 aliphatic heterocycles. The summed E-state index contributed by atoms with van der Waals surface area (Å²) in [6, 6.07) is 17.2. The van der Waals surface area contributed by atoms with E-state index < -0.39 is 10.0 Å². The molecule has 0 saturated carbocycles. The molecule has 2 heterocycles. The molecule has 0 radical (unpaired) electrons. The van der Waals surface area contributed by atoms with Crippen LogP contribution in [0.2, 0.25) is 0 Å². The van der Waals surface area contributed by atoms with Crippen molar-refractivity contribution in [3.8, 4) is 21.8 Å². The van der Waals surface area contributed by atoms with E-state index in [4.69, 9.17) is 4.98 Å². The number of thiazole rings is 1. The predicted molar refractivity (Wildman–Crippen MR) is 110 cm³/mol. The molecule has 0 spiro atoms. The quantitative estimate of drug-likeness (QED) is 0.628. The molecule has 6 heteroatoms. The monoisotopic (exact) mass is 398 g/mol. The molecule has 0 unspecified atom stereocenters. The van der Waals surface area contributed by atoms with Crippen LogP contribution in [0.4, 0.5) is 0 Å². The Morgan fingerprint density at radius 3 is 2.44 bits per heavy atom. The molecule has 0 amide bonds. The van der Waals surface area contributed by atoms with E-state index in [0.717, 1.165) is 34.7 Å². The lowest BCUT2D eigenvalue weighted by Gasteiger charge is -2.29. The van der Waals surface area contributed by atoms with Gasteiger partial charge in [-0.25, -0.2) is 13.4 Å². The zero-order valence-corrected chi connectivity index (χ0v) is 16.8. The second-order valence-electron chi connectivity index (χ2n) is 7.02. The molecular formula is C21H22N2O2S2. The summed E-state index contributed by atoms with van der Waals surface area (Å²) in [5, 5.41) is 2.92. The van der Waals surface area contributed by atoms with Gasteiger partial charge in [0.05, 0.1) is 10.6 Å². The minimum Gasteiger partial charge on any atom is -0.236 e. The lowest BCUT2D eigenvalue weighted by molar-refractivity contribution is 0.288. The molecule has 0 N–H and O–H groups in total. The maximum atomic E-state index is 13.0. The maximum Gasteiger partial charge on any atom is 0.243 e. The molecule has 1 aliphatic rings. The fourth-order valence-corrected chi connectivity index (χ4v) is 5.66. The highest BCUT2D eigenvalue weighted by Crippen LogP contribution is 2.31. The average Bonchev–Trinajstić information content (AvgIpc) is 3.19. The van der Waals surface area contributed by atoms with E-state index >= 15 is 0 Å². The van der Waals surface area contributed by atoms with Crippen molar-refractivity contribution < 1.29 is 8.42 Å². The van der Waals surface area contributed by atoms with E-state index in [1.807, 2.05) is 41.8 Å². The predicted octanol–water partition coefficient (Wildman–Crippen LogP) is 4.90. The van der Waals surface area contributed by atoms with Gasteiger partial charge in [-0.3, -0.25) is 0 Å². The van der Waals surface area contributed by atoms with Gasteiger partial charge in [-0.1, -0.05) is 49.4 Å². The van der Waals surface area contributed by atoms with Gasteiger partial charge in [0, 0.05) is 29.6 Å². The van der Waals surface area contributed by atoms with Crippen molar-refractivity contribution in [2.24, 2.45) is 5.92 Å². The zero-order chi connectivity index (χ0) is 18.9. The van der Waals surface area contributed by atoms with Gasteiger partial charge in [-0.15, -0.1) is 11.3 Å². The Kier molecular flexibility index (Phi) is 5.12. The van der Waals surface area contributed by atoms with Crippen molar-refractivity contribution >= 4 is 21.4 Å². The van der Waals surface area contributed by atoms with Gasteiger partial charge in [0.1, 0.15) is 5.01 Å². The van der Waals surface area contributed by atoms with E-state index in [0.29, 0.717) is 23.9 Å². The first-order chi connectivity index (χ1) is 13.0. The lowest BCUT2D eigenvalue weighted by atomic mass is 10.0. The summed E-state index contributed by atoms with van der Waals surface area (Å²) in [6.07, 6.45) is 1.84. The summed E-state index contributed by atoms with van der Waals surface area (Å²) in [6.45, 7) is 3.38. The molecule has 4 rings (SSSR count). The summed E-state index contributed by atoms with van der Waals surface area (Å²) in [5.74, 6) is 0.592. The first kappa shape index (κ1) is 18.3. The van der Waals surface area contributed by atoms with Crippen molar-refractivity contribution in [3.05, 3.63) is 60.0 Å². The number of piperidine rings is 1. The van der Waals surface area contributed by atoms with Crippen LogP contribution in [0.5, 0.6) is 0 Å². The zero-order valence-electron chi connectivity index (χ0n) is 15.2. The summed E-state index contributed by atoms with van der Waals surface area (Å²) in [5.41, 5.74) is 2.71. The van der Waals surface area contributed by atoms with Gasteiger partial charge < -0.3 is 0 Å². The van der Waals surface area contributed by atoms with Crippen molar-refractivity contribution in [1.29, 1.82) is 0 Å². The van der Waals surface area contributed by atoms with Crippen LogP contribution in [-0.4, -0.2) is 30.8 Å². The van der Waals surface area contributed by atoms with Crippen LogP contribution in [0.25, 0.3) is 21.8 Å². The molecule has 140 valence electrons. The Balaban J connectivity index is 1.62. The van der Waals surface area contributed by atoms with Crippen molar-refractivity contribution in [2.75, 3.05) is 13.1 Å². The van der Waals surface area contributed by atoms with Gasteiger partial charge in [0.2, 0.25) is 10.0 Å². The summed E-state index contributed by atoms with van der Waals surface area (Å²) in [4.78, 5) is 5.06. The van der Waals surface area contributed by atoms with E-state index in [-0.39, 0.29) is 0 Å². The van der Waals surface area contributed by atoms with Crippen LogP contribution in [0.15, 0.2) is 64.9 Å². The average molecular weight is 399 g/mol. The first-order valence-electron chi connectivity index (χ1n) is 9.15. The van der Waals surface area contributed by atoms with E-state index in [1.165, 1.54) is 0 Å². The molecule has 4 nitrogen and oxygen atoms in total. The standard InChI is InChI=1S/C21H22N2O2S2/c1-16-10-12-23(13-11-16)27(24,25)19-9-5-8-18(14-19)20-15-26-21(22-20)17-6-3-2-4-7-17/h2-9,14-16H,10-13H2,1H3. The second-order valence-corrected chi connectivity index (χ2v) is 9.81. The third kappa shape index (κ3) is 3.83. The summed E-state index contributed by atoms with van der Waals surface area (Å²) < 4.78 is 27.6. The van der Waals surface area contributed by atoms with Gasteiger partial charge in [0.25, 0.3) is 0 Å². The maximum absolute atomic E-state index is 13.0. The molecule has 27 heavy (non-hydrogen) atoms. The number of hydrogen-bond donors (Lipinski definition) is 0.